The Bertz CT molecular complexity index is 489. The Morgan fingerprint density at radius 2 is 2.24 bits per heavy atom. The Labute approximate surface area is 122 Å². The molecule has 0 spiro atoms. The van der Waals surface area contributed by atoms with Crippen molar-refractivity contribution in [3.63, 3.8) is 0 Å². The third kappa shape index (κ3) is 3.79. The van der Waals surface area contributed by atoms with Crippen LogP contribution in [0.5, 0.6) is 0 Å². The summed E-state index contributed by atoms with van der Waals surface area (Å²) in [6.07, 6.45) is 1.63. The monoisotopic (exact) mass is 296 g/mol. The highest BCUT2D eigenvalue weighted by Crippen LogP contribution is 2.30. The van der Waals surface area contributed by atoms with E-state index in [4.69, 9.17) is 9.84 Å². The van der Waals surface area contributed by atoms with E-state index in [1.807, 2.05) is 4.90 Å². The molecule has 0 bridgehead atoms. The molecule has 0 radical (unpaired) electrons. The van der Waals surface area contributed by atoms with Gasteiger partial charge in [0.2, 0.25) is 5.82 Å². The summed E-state index contributed by atoms with van der Waals surface area (Å²) in [5, 5.41) is 22.8. The number of aliphatic hydroxyl groups excluding tert-OH is 1. The van der Waals surface area contributed by atoms with E-state index in [-0.39, 0.29) is 18.4 Å². The predicted molar refractivity (Wildman–Crippen MR) is 78.7 cm³/mol. The number of anilines is 2. The molecule has 1 saturated heterocycles. The number of nitrogens with one attached hydrogen (secondary N) is 1. The summed E-state index contributed by atoms with van der Waals surface area (Å²) in [5.41, 5.74) is 0.0173. The van der Waals surface area contributed by atoms with Gasteiger partial charge in [-0.15, -0.1) is 0 Å². The largest absolute Gasteiger partial charge is 0.394 e. The van der Waals surface area contributed by atoms with Crippen LogP contribution in [-0.2, 0) is 4.74 Å². The molecule has 1 fully saturated rings. The topological polar surface area (TPSA) is 101 Å². The fourth-order valence-electron chi connectivity index (χ4n) is 2.41. The normalized spacial score (nSPS) is 16.0. The molecule has 0 unspecified atom stereocenters. The van der Waals surface area contributed by atoms with Gasteiger partial charge in [-0.05, 0) is 18.9 Å². The third-order valence-corrected chi connectivity index (χ3v) is 3.49. The molecular formula is C13H20N4O4. The van der Waals surface area contributed by atoms with Crippen LogP contribution in [0, 0.1) is 10.1 Å². The number of aliphatic hydroxyl groups is 1. The van der Waals surface area contributed by atoms with E-state index in [9.17, 15) is 10.1 Å². The van der Waals surface area contributed by atoms with Crippen molar-refractivity contribution >= 4 is 17.3 Å². The highest BCUT2D eigenvalue weighted by molar-refractivity contribution is 5.61. The van der Waals surface area contributed by atoms with Crippen molar-refractivity contribution in [2.45, 2.75) is 18.9 Å². The van der Waals surface area contributed by atoms with E-state index in [2.05, 4.69) is 10.3 Å². The molecule has 2 N–H and O–H groups in total. The van der Waals surface area contributed by atoms with Crippen molar-refractivity contribution in [3.8, 4) is 0 Å². The summed E-state index contributed by atoms with van der Waals surface area (Å²) < 4.78 is 5.50. The van der Waals surface area contributed by atoms with Gasteiger partial charge in [-0.2, -0.15) is 0 Å². The molecule has 0 aliphatic carbocycles. The first kappa shape index (κ1) is 15.5. The molecule has 1 aromatic rings. The van der Waals surface area contributed by atoms with Crippen LogP contribution in [0.4, 0.5) is 17.3 Å². The van der Waals surface area contributed by atoms with E-state index in [1.165, 1.54) is 6.07 Å². The molecule has 116 valence electrons. The number of ether oxygens (including phenoxy) is 1. The molecule has 8 heteroatoms. The Kier molecular flexibility index (Phi) is 5.29. The summed E-state index contributed by atoms with van der Waals surface area (Å²) >= 11 is 0. The molecule has 1 aliphatic heterocycles. The Balaban J connectivity index is 2.09. The van der Waals surface area contributed by atoms with Gasteiger partial charge in [0, 0.05) is 26.2 Å². The average molecular weight is 296 g/mol. The number of aromatic nitrogens is 1. The molecule has 21 heavy (non-hydrogen) atoms. The van der Waals surface area contributed by atoms with Gasteiger partial charge >= 0.3 is 5.69 Å². The lowest BCUT2D eigenvalue weighted by Gasteiger charge is -2.32. The maximum Gasteiger partial charge on any atom is 0.311 e. The second-order valence-electron chi connectivity index (χ2n) is 4.83. The first-order valence-electron chi connectivity index (χ1n) is 6.96. The number of piperidine rings is 1. The second kappa shape index (κ2) is 7.19. The van der Waals surface area contributed by atoms with Crippen molar-refractivity contribution in [1.29, 1.82) is 0 Å². The Morgan fingerprint density at radius 3 is 2.81 bits per heavy atom. The molecule has 2 heterocycles. The zero-order valence-electron chi connectivity index (χ0n) is 12.0. The Morgan fingerprint density at radius 1 is 1.52 bits per heavy atom. The van der Waals surface area contributed by atoms with Crippen LogP contribution in [0.25, 0.3) is 0 Å². The third-order valence-electron chi connectivity index (χ3n) is 3.49. The standard InChI is InChI=1S/C13H20N4O4/c1-14-12-3-2-11(17(19)20)13(15-12)16-6-4-10(5-7-16)21-9-8-18/h2-3,10,18H,4-9H2,1H3,(H,14,15). The van der Waals surface area contributed by atoms with Gasteiger partial charge in [-0.1, -0.05) is 0 Å². The number of nitrogens with zero attached hydrogens (tertiary/aromatic N) is 3. The molecule has 0 amide bonds. The first-order valence-corrected chi connectivity index (χ1v) is 6.96. The zero-order valence-corrected chi connectivity index (χ0v) is 12.0. The molecule has 2 rings (SSSR count). The summed E-state index contributed by atoms with van der Waals surface area (Å²) in [6, 6.07) is 3.07. The summed E-state index contributed by atoms with van der Waals surface area (Å²) in [5.74, 6) is 1.00. The average Bonchev–Trinajstić information content (AvgIpc) is 2.52. The van der Waals surface area contributed by atoms with Crippen LogP contribution < -0.4 is 10.2 Å². The fourth-order valence-corrected chi connectivity index (χ4v) is 2.41. The van der Waals surface area contributed by atoms with E-state index >= 15 is 0 Å². The fraction of sp³-hybridized carbons (Fsp3) is 0.615. The first-order chi connectivity index (χ1) is 10.2. The van der Waals surface area contributed by atoms with Crippen molar-refractivity contribution in [2.75, 3.05) is 43.6 Å². The molecule has 0 atom stereocenters. The molecular weight excluding hydrogens is 276 g/mol. The SMILES string of the molecule is CNc1ccc([N+](=O)[O-])c(N2CCC(OCCO)CC2)n1. The van der Waals surface area contributed by atoms with E-state index in [0.717, 1.165) is 12.8 Å². The van der Waals surface area contributed by atoms with Gasteiger partial charge in [0.25, 0.3) is 0 Å². The Hall–Kier alpha value is -1.93. The zero-order chi connectivity index (χ0) is 15.2. The molecule has 1 aromatic heterocycles. The minimum atomic E-state index is -0.407. The van der Waals surface area contributed by atoms with Crippen molar-refractivity contribution < 1.29 is 14.8 Å². The highest BCUT2D eigenvalue weighted by Gasteiger charge is 2.26. The van der Waals surface area contributed by atoms with Crippen molar-refractivity contribution in [2.24, 2.45) is 0 Å². The number of hydrogen-bond acceptors (Lipinski definition) is 7. The van der Waals surface area contributed by atoms with Crippen LogP contribution in [-0.4, -0.2) is 54.5 Å². The lowest BCUT2D eigenvalue weighted by Crippen LogP contribution is -2.38. The van der Waals surface area contributed by atoms with E-state index < -0.39 is 4.92 Å². The van der Waals surface area contributed by atoms with Crippen LogP contribution in [0.2, 0.25) is 0 Å². The quantitative estimate of drug-likeness (QED) is 0.596. The second-order valence-corrected chi connectivity index (χ2v) is 4.83. The number of rotatable bonds is 6. The maximum atomic E-state index is 11.1. The van der Waals surface area contributed by atoms with Gasteiger partial charge in [-0.3, -0.25) is 10.1 Å². The van der Waals surface area contributed by atoms with E-state index in [0.29, 0.717) is 31.3 Å². The summed E-state index contributed by atoms with van der Waals surface area (Å²) in [7, 11) is 1.73. The molecule has 0 saturated carbocycles. The number of pyridine rings is 1. The number of nitro groups is 1. The summed E-state index contributed by atoms with van der Waals surface area (Å²) in [4.78, 5) is 17.0. The van der Waals surface area contributed by atoms with Gasteiger partial charge in [0.15, 0.2) is 0 Å². The maximum absolute atomic E-state index is 11.1. The molecule has 8 nitrogen and oxygen atoms in total. The lowest BCUT2D eigenvalue weighted by atomic mass is 10.1. The van der Waals surface area contributed by atoms with Crippen molar-refractivity contribution in [1.82, 2.24) is 4.98 Å². The van der Waals surface area contributed by atoms with Crippen molar-refractivity contribution in [3.05, 3.63) is 22.2 Å². The number of hydrogen-bond donors (Lipinski definition) is 2. The highest BCUT2D eigenvalue weighted by atomic mass is 16.6. The molecule has 0 aromatic carbocycles. The predicted octanol–water partition coefficient (Wildman–Crippen LogP) is 1.01. The minimum Gasteiger partial charge on any atom is -0.394 e. The van der Waals surface area contributed by atoms with E-state index in [1.54, 1.807) is 13.1 Å². The van der Waals surface area contributed by atoms with Gasteiger partial charge in [0.05, 0.1) is 24.2 Å². The van der Waals surface area contributed by atoms with Gasteiger partial charge in [0.1, 0.15) is 5.82 Å². The molecule has 1 aliphatic rings. The smallest absolute Gasteiger partial charge is 0.311 e. The minimum absolute atomic E-state index is 0.0114. The van der Waals surface area contributed by atoms with Crippen LogP contribution in [0.1, 0.15) is 12.8 Å². The van der Waals surface area contributed by atoms with Crippen LogP contribution >= 0.6 is 0 Å². The van der Waals surface area contributed by atoms with Crippen LogP contribution in [0.15, 0.2) is 12.1 Å². The lowest BCUT2D eigenvalue weighted by molar-refractivity contribution is -0.384. The van der Waals surface area contributed by atoms with Gasteiger partial charge < -0.3 is 20.1 Å². The van der Waals surface area contributed by atoms with Gasteiger partial charge in [-0.25, -0.2) is 4.98 Å². The summed E-state index contributed by atoms with van der Waals surface area (Å²) in [6.45, 7) is 1.64. The van der Waals surface area contributed by atoms with Crippen LogP contribution in [0.3, 0.4) is 0 Å².